The predicted molar refractivity (Wildman–Crippen MR) is 45.5 cm³/mol. The summed E-state index contributed by atoms with van der Waals surface area (Å²) in [5.74, 6) is 1.08. The van der Waals surface area contributed by atoms with Crippen LogP contribution in [0.3, 0.4) is 0 Å². The van der Waals surface area contributed by atoms with Crippen molar-refractivity contribution >= 4 is 11.8 Å². The molecule has 0 N–H and O–H groups in total. The molecule has 2 aliphatic rings. The fourth-order valence-electron chi connectivity index (χ4n) is 1.57. The molecule has 2 fully saturated rings. The molecule has 11 heavy (non-hydrogen) atoms. The van der Waals surface area contributed by atoms with Crippen LogP contribution < -0.4 is 0 Å². The normalized spacial score (nSPS) is 45.0. The monoisotopic (exact) mass is 174 g/mol. The molecule has 1 spiro atoms. The Balaban J connectivity index is 1.98. The summed E-state index contributed by atoms with van der Waals surface area (Å²) >= 11 is 1.83. The van der Waals surface area contributed by atoms with Gasteiger partial charge in [-0.25, -0.2) is 0 Å². The lowest BCUT2D eigenvalue weighted by Gasteiger charge is -2.31. The van der Waals surface area contributed by atoms with Gasteiger partial charge in [0.15, 0.2) is 0 Å². The zero-order valence-corrected chi connectivity index (χ0v) is 7.65. The third-order valence-corrected chi connectivity index (χ3v) is 3.61. The van der Waals surface area contributed by atoms with Gasteiger partial charge in [-0.1, -0.05) is 11.8 Å². The maximum Gasteiger partial charge on any atom is 0.218 e. The van der Waals surface area contributed by atoms with E-state index in [1.165, 1.54) is 12.8 Å². The maximum atomic E-state index is 5.73. The summed E-state index contributed by atoms with van der Waals surface area (Å²) in [6.07, 6.45) is 3.89. The molecule has 0 aromatic rings. The van der Waals surface area contributed by atoms with Gasteiger partial charge in [-0.3, -0.25) is 0 Å². The standard InChI is InChI=1S/C8H14O2S/c1-7-6-11-8(10-7)4-2-3-5-9-8/h7H,2-6H2,1H3/t7-,8+/m0/s1. The fraction of sp³-hybridized carbons (Fsp3) is 1.00. The molecule has 0 radical (unpaired) electrons. The molecule has 0 aromatic carbocycles. The molecule has 2 aliphatic heterocycles. The van der Waals surface area contributed by atoms with E-state index in [9.17, 15) is 0 Å². The molecule has 0 unspecified atom stereocenters. The van der Waals surface area contributed by atoms with Crippen molar-refractivity contribution in [1.29, 1.82) is 0 Å². The van der Waals surface area contributed by atoms with E-state index < -0.39 is 0 Å². The third kappa shape index (κ3) is 1.55. The van der Waals surface area contributed by atoms with Crippen LogP contribution in [0.25, 0.3) is 0 Å². The van der Waals surface area contributed by atoms with Crippen LogP contribution in [0, 0.1) is 0 Å². The Bertz CT molecular complexity index is 138. The lowest BCUT2D eigenvalue weighted by Crippen LogP contribution is -2.33. The predicted octanol–water partition coefficient (Wildman–Crippen LogP) is 1.99. The van der Waals surface area contributed by atoms with Crippen molar-refractivity contribution in [3.8, 4) is 0 Å². The maximum absolute atomic E-state index is 5.73. The van der Waals surface area contributed by atoms with Gasteiger partial charge in [0.25, 0.3) is 0 Å². The van der Waals surface area contributed by atoms with E-state index in [0.29, 0.717) is 6.10 Å². The van der Waals surface area contributed by atoms with E-state index in [1.54, 1.807) is 0 Å². The molecule has 2 rings (SSSR count). The van der Waals surface area contributed by atoms with Crippen molar-refractivity contribution in [2.24, 2.45) is 0 Å². The molecule has 0 saturated carbocycles. The number of hydrogen-bond donors (Lipinski definition) is 0. The van der Waals surface area contributed by atoms with Crippen molar-refractivity contribution in [2.75, 3.05) is 12.4 Å². The van der Waals surface area contributed by atoms with Crippen LogP contribution in [-0.2, 0) is 9.47 Å². The minimum absolute atomic E-state index is 0.238. The molecular weight excluding hydrogens is 160 g/mol. The van der Waals surface area contributed by atoms with E-state index in [2.05, 4.69) is 6.92 Å². The Morgan fingerprint density at radius 1 is 1.45 bits per heavy atom. The summed E-state index contributed by atoms with van der Waals surface area (Å²) in [6.45, 7) is 2.99. The summed E-state index contributed by atoms with van der Waals surface area (Å²) < 4.78 is 11.4. The molecule has 2 nitrogen and oxygen atoms in total. The average Bonchev–Trinajstić information content (AvgIpc) is 2.34. The van der Waals surface area contributed by atoms with E-state index >= 15 is 0 Å². The molecule has 2 atom stereocenters. The van der Waals surface area contributed by atoms with Crippen molar-refractivity contribution in [3.63, 3.8) is 0 Å². The largest absolute Gasteiger partial charge is 0.341 e. The summed E-state index contributed by atoms with van der Waals surface area (Å²) in [5, 5.41) is -0.238. The van der Waals surface area contributed by atoms with Crippen molar-refractivity contribution in [2.45, 2.75) is 37.4 Å². The molecule has 64 valence electrons. The second kappa shape index (κ2) is 2.96. The fourth-order valence-corrected chi connectivity index (χ4v) is 2.81. The van der Waals surface area contributed by atoms with E-state index in [1.807, 2.05) is 11.8 Å². The number of ether oxygens (including phenoxy) is 2. The van der Waals surface area contributed by atoms with Crippen molar-refractivity contribution in [1.82, 2.24) is 0 Å². The highest BCUT2D eigenvalue weighted by atomic mass is 32.2. The van der Waals surface area contributed by atoms with Gasteiger partial charge in [-0.05, 0) is 19.8 Å². The van der Waals surface area contributed by atoms with Crippen molar-refractivity contribution < 1.29 is 9.47 Å². The summed E-state index contributed by atoms with van der Waals surface area (Å²) in [4.78, 5) is 0. The minimum Gasteiger partial charge on any atom is -0.341 e. The highest BCUT2D eigenvalue weighted by Crippen LogP contribution is 2.43. The van der Waals surface area contributed by atoms with Crippen LogP contribution in [0.2, 0.25) is 0 Å². The second-order valence-corrected chi connectivity index (χ2v) is 4.47. The first kappa shape index (κ1) is 7.90. The molecule has 0 aliphatic carbocycles. The topological polar surface area (TPSA) is 18.5 Å². The molecule has 3 heteroatoms. The first-order chi connectivity index (χ1) is 5.31. The second-order valence-electron chi connectivity index (χ2n) is 3.23. The van der Waals surface area contributed by atoms with Crippen LogP contribution in [0.1, 0.15) is 26.2 Å². The van der Waals surface area contributed by atoms with Gasteiger partial charge < -0.3 is 9.47 Å². The average molecular weight is 174 g/mol. The van der Waals surface area contributed by atoms with Gasteiger partial charge in [0.1, 0.15) is 0 Å². The Hall–Kier alpha value is 0.270. The van der Waals surface area contributed by atoms with Crippen LogP contribution >= 0.6 is 11.8 Å². The highest BCUT2D eigenvalue weighted by molar-refractivity contribution is 8.00. The van der Waals surface area contributed by atoms with Crippen LogP contribution in [0.5, 0.6) is 0 Å². The van der Waals surface area contributed by atoms with Crippen LogP contribution in [0.15, 0.2) is 0 Å². The molecule has 0 aromatic heterocycles. The summed E-state index contributed by atoms with van der Waals surface area (Å²) in [6, 6.07) is 0. The summed E-state index contributed by atoms with van der Waals surface area (Å²) in [5.41, 5.74) is 0. The quantitative estimate of drug-likeness (QED) is 0.559. The Kier molecular flexibility index (Phi) is 2.12. The number of thioether (sulfide) groups is 1. The highest BCUT2D eigenvalue weighted by Gasteiger charge is 2.41. The van der Waals surface area contributed by atoms with E-state index in [-0.39, 0.29) is 5.12 Å². The van der Waals surface area contributed by atoms with Gasteiger partial charge in [-0.2, -0.15) is 0 Å². The van der Waals surface area contributed by atoms with Gasteiger partial charge >= 0.3 is 0 Å². The molecule has 0 bridgehead atoms. The molecule has 2 heterocycles. The first-order valence-corrected chi connectivity index (χ1v) is 5.25. The minimum atomic E-state index is -0.238. The SMILES string of the molecule is C[C@H]1CS[C@@]2(CCCCO2)O1. The van der Waals surface area contributed by atoms with Gasteiger partial charge in [0.2, 0.25) is 5.12 Å². The van der Waals surface area contributed by atoms with E-state index in [0.717, 1.165) is 18.8 Å². The summed E-state index contributed by atoms with van der Waals surface area (Å²) in [7, 11) is 0. The van der Waals surface area contributed by atoms with Gasteiger partial charge in [0.05, 0.1) is 12.7 Å². The smallest absolute Gasteiger partial charge is 0.218 e. The molecule has 2 saturated heterocycles. The third-order valence-electron chi connectivity index (χ3n) is 2.12. The van der Waals surface area contributed by atoms with Crippen molar-refractivity contribution in [3.05, 3.63) is 0 Å². The number of rotatable bonds is 0. The van der Waals surface area contributed by atoms with Gasteiger partial charge in [-0.15, -0.1) is 0 Å². The Morgan fingerprint density at radius 3 is 2.91 bits per heavy atom. The van der Waals surface area contributed by atoms with Gasteiger partial charge in [0, 0.05) is 12.2 Å². The van der Waals surface area contributed by atoms with Crippen LogP contribution in [-0.4, -0.2) is 23.6 Å². The zero-order valence-electron chi connectivity index (χ0n) is 6.84. The lowest BCUT2D eigenvalue weighted by atomic mass is 10.2. The Morgan fingerprint density at radius 2 is 2.36 bits per heavy atom. The van der Waals surface area contributed by atoms with E-state index in [4.69, 9.17) is 9.47 Å². The first-order valence-electron chi connectivity index (χ1n) is 4.26. The Labute approximate surface area is 71.6 Å². The molecule has 0 amide bonds. The zero-order chi connectivity index (χ0) is 7.73. The van der Waals surface area contributed by atoms with Crippen LogP contribution in [0.4, 0.5) is 0 Å². The number of hydrogen-bond acceptors (Lipinski definition) is 3. The lowest BCUT2D eigenvalue weighted by molar-refractivity contribution is -0.196. The molecular formula is C8H14O2S.